The standard InChI is InChI=1S/C44H81N5O14/c1-45-36(43(56)57)20-18-19-25-46-40(52)34-62-32-31-61-29-27-48-41(53)35-63-33-30-60-28-26-47-38(50)24-23-37(44(58)59)49-39(51)21-16-14-12-10-8-6-4-2-3-5-7-9-11-13-15-17-22-42(54)55/h36-37,45H,2-35H2,1H3,(H,46,52)(H,47,50)(H,48,53)(H,49,51)(H,54,55)(H,56,57)(H,58,59)/t36-,37-/m0/s1. The van der Waals surface area contributed by atoms with E-state index in [0.717, 1.165) is 38.5 Å². The first kappa shape index (κ1) is 59.1. The van der Waals surface area contributed by atoms with Gasteiger partial charge in [-0.2, -0.15) is 0 Å². The molecule has 0 saturated carbocycles. The maximum absolute atomic E-state index is 12.3. The first-order valence-corrected chi connectivity index (χ1v) is 23.2. The molecule has 0 radical (unpaired) electrons. The lowest BCUT2D eigenvalue weighted by atomic mass is 10.0. The molecule has 8 N–H and O–H groups in total. The smallest absolute Gasteiger partial charge is 0.326 e. The first-order chi connectivity index (χ1) is 30.5. The molecule has 0 saturated heterocycles. The van der Waals surface area contributed by atoms with Crippen LogP contribution in [0.2, 0.25) is 0 Å². The van der Waals surface area contributed by atoms with Gasteiger partial charge in [0.15, 0.2) is 0 Å². The van der Waals surface area contributed by atoms with Crippen LogP contribution in [0.4, 0.5) is 0 Å². The molecule has 2 atom stereocenters. The van der Waals surface area contributed by atoms with Gasteiger partial charge in [-0.15, -0.1) is 0 Å². The number of likely N-dealkylation sites (N-methyl/N-ethyl adjacent to an activating group) is 1. The molecule has 0 aromatic heterocycles. The van der Waals surface area contributed by atoms with Gasteiger partial charge in [0.05, 0.1) is 39.6 Å². The van der Waals surface area contributed by atoms with E-state index in [9.17, 15) is 38.7 Å². The van der Waals surface area contributed by atoms with Crippen molar-refractivity contribution in [2.24, 2.45) is 0 Å². The summed E-state index contributed by atoms with van der Waals surface area (Å²) in [6, 6.07) is -1.74. The number of rotatable bonds is 47. The van der Waals surface area contributed by atoms with Gasteiger partial charge in [0.2, 0.25) is 23.6 Å². The van der Waals surface area contributed by atoms with Crippen LogP contribution in [0.3, 0.4) is 0 Å². The predicted octanol–water partition coefficient (Wildman–Crippen LogP) is 3.70. The summed E-state index contributed by atoms with van der Waals surface area (Å²) in [6.45, 7) is 1.87. The highest BCUT2D eigenvalue weighted by atomic mass is 16.5. The normalized spacial score (nSPS) is 12.0. The zero-order valence-corrected chi connectivity index (χ0v) is 38.0. The number of nitrogens with one attached hydrogen (secondary N) is 5. The average Bonchev–Trinajstić information content (AvgIpc) is 3.24. The molecule has 0 aliphatic rings. The second kappa shape index (κ2) is 43.3. The van der Waals surface area contributed by atoms with Crippen molar-refractivity contribution in [3.8, 4) is 0 Å². The third-order valence-corrected chi connectivity index (χ3v) is 10.1. The van der Waals surface area contributed by atoms with Crippen molar-refractivity contribution < 1.29 is 67.8 Å². The van der Waals surface area contributed by atoms with Crippen molar-refractivity contribution in [2.75, 3.05) is 79.5 Å². The molecule has 0 aliphatic heterocycles. The van der Waals surface area contributed by atoms with Crippen LogP contribution in [-0.2, 0) is 52.5 Å². The van der Waals surface area contributed by atoms with Crippen molar-refractivity contribution in [3.05, 3.63) is 0 Å². The minimum Gasteiger partial charge on any atom is -0.481 e. The zero-order valence-electron chi connectivity index (χ0n) is 38.0. The Bertz CT molecular complexity index is 1230. The molecular formula is C44H81N5O14. The van der Waals surface area contributed by atoms with E-state index >= 15 is 0 Å². The van der Waals surface area contributed by atoms with Crippen molar-refractivity contribution in [1.82, 2.24) is 26.6 Å². The monoisotopic (exact) mass is 904 g/mol. The Morgan fingerprint density at radius 3 is 1.25 bits per heavy atom. The quantitative estimate of drug-likeness (QED) is 0.0405. The van der Waals surface area contributed by atoms with Crippen LogP contribution >= 0.6 is 0 Å². The molecule has 366 valence electrons. The minimum absolute atomic E-state index is 0.0272. The number of carboxylic acids is 3. The summed E-state index contributed by atoms with van der Waals surface area (Å²) in [4.78, 5) is 81.4. The third-order valence-electron chi connectivity index (χ3n) is 10.1. The Balaban J connectivity index is 3.64. The fourth-order valence-corrected chi connectivity index (χ4v) is 6.41. The van der Waals surface area contributed by atoms with Crippen LogP contribution in [0, 0.1) is 0 Å². The Labute approximate surface area is 374 Å². The molecule has 0 heterocycles. The summed E-state index contributed by atoms with van der Waals surface area (Å²) in [7, 11) is 1.60. The molecule has 0 aromatic carbocycles. The molecule has 0 unspecified atom stereocenters. The molecule has 0 aliphatic carbocycles. The Hall–Kier alpha value is -3.91. The molecular weight excluding hydrogens is 823 g/mol. The van der Waals surface area contributed by atoms with Gasteiger partial charge in [-0.25, -0.2) is 4.79 Å². The van der Waals surface area contributed by atoms with Gasteiger partial charge in [0, 0.05) is 38.9 Å². The Morgan fingerprint density at radius 2 is 0.810 bits per heavy atom. The van der Waals surface area contributed by atoms with Crippen LogP contribution in [0.15, 0.2) is 0 Å². The molecule has 0 aromatic rings. The van der Waals surface area contributed by atoms with E-state index in [2.05, 4.69) is 26.6 Å². The SMILES string of the molecule is CN[C@@H](CCCCNC(=O)COCCOCCNC(=O)COCCOCCNC(=O)CC[C@H](NC(=O)CCCCCCCCCCCCCCCCCCC(=O)O)C(=O)O)C(=O)O. The molecule has 0 fully saturated rings. The number of carboxylic acid groups (broad SMARTS) is 3. The van der Waals surface area contributed by atoms with Crippen LogP contribution in [-0.4, -0.2) is 148 Å². The average molecular weight is 904 g/mol. The number of amides is 4. The second-order valence-electron chi connectivity index (χ2n) is 15.6. The number of carbonyl (C=O) groups is 7. The van der Waals surface area contributed by atoms with E-state index < -0.39 is 30.0 Å². The lowest BCUT2D eigenvalue weighted by Crippen LogP contribution is -2.41. The molecule has 63 heavy (non-hydrogen) atoms. The summed E-state index contributed by atoms with van der Waals surface area (Å²) in [5.41, 5.74) is 0. The maximum Gasteiger partial charge on any atom is 0.326 e. The highest BCUT2D eigenvalue weighted by Gasteiger charge is 2.21. The lowest BCUT2D eigenvalue weighted by Gasteiger charge is -2.14. The largest absolute Gasteiger partial charge is 0.481 e. The summed E-state index contributed by atoms with van der Waals surface area (Å²) in [5.74, 6) is -4.07. The Kier molecular flexibility index (Phi) is 40.7. The number of hydrogen-bond acceptors (Lipinski definition) is 12. The van der Waals surface area contributed by atoms with Crippen LogP contribution in [0.25, 0.3) is 0 Å². The van der Waals surface area contributed by atoms with E-state index in [4.69, 9.17) is 29.2 Å². The van der Waals surface area contributed by atoms with Gasteiger partial charge in [-0.3, -0.25) is 28.8 Å². The van der Waals surface area contributed by atoms with Gasteiger partial charge in [0.1, 0.15) is 25.3 Å². The maximum atomic E-state index is 12.3. The number of ether oxygens (including phenoxy) is 4. The van der Waals surface area contributed by atoms with Crippen LogP contribution < -0.4 is 26.6 Å². The lowest BCUT2D eigenvalue weighted by molar-refractivity contribution is -0.142. The molecule has 0 spiro atoms. The summed E-state index contributed by atoms with van der Waals surface area (Å²) in [5, 5.41) is 40.4. The minimum atomic E-state index is -1.18. The fraction of sp³-hybridized carbons (Fsp3) is 0.841. The number of unbranched alkanes of at least 4 members (excludes halogenated alkanes) is 16. The third kappa shape index (κ3) is 41.8. The topological polar surface area (TPSA) is 277 Å². The van der Waals surface area contributed by atoms with Crippen molar-refractivity contribution in [2.45, 2.75) is 160 Å². The van der Waals surface area contributed by atoms with Gasteiger partial charge in [0.25, 0.3) is 0 Å². The second-order valence-corrected chi connectivity index (χ2v) is 15.6. The number of hydrogen-bond donors (Lipinski definition) is 8. The molecule has 19 nitrogen and oxygen atoms in total. The first-order valence-electron chi connectivity index (χ1n) is 23.2. The van der Waals surface area contributed by atoms with Crippen LogP contribution in [0.5, 0.6) is 0 Å². The highest BCUT2D eigenvalue weighted by molar-refractivity contribution is 5.84. The molecule has 19 heteroatoms. The van der Waals surface area contributed by atoms with Crippen molar-refractivity contribution in [3.63, 3.8) is 0 Å². The highest BCUT2D eigenvalue weighted by Crippen LogP contribution is 2.14. The summed E-state index contributed by atoms with van der Waals surface area (Å²) >= 11 is 0. The van der Waals surface area contributed by atoms with Crippen molar-refractivity contribution in [1.29, 1.82) is 0 Å². The van der Waals surface area contributed by atoms with Gasteiger partial charge >= 0.3 is 17.9 Å². The van der Waals surface area contributed by atoms with E-state index in [0.29, 0.717) is 32.2 Å². The van der Waals surface area contributed by atoms with E-state index in [1.165, 1.54) is 57.8 Å². The predicted molar refractivity (Wildman–Crippen MR) is 236 cm³/mol. The van der Waals surface area contributed by atoms with Gasteiger partial charge < -0.3 is 60.9 Å². The molecule has 4 amide bonds. The van der Waals surface area contributed by atoms with E-state index in [-0.39, 0.29) is 115 Å². The zero-order chi connectivity index (χ0) is 46.6. The summed E-state index contributed by atoms with van der Waals surface area (Å²) in [6.07, 6.45) is 20.0. The van der Waals surface area contributed by atoms with Gasteiger partial charge in [-0.05, 0) is 45.6 Å². The van der Waals surface area contributed by atoms with E-state index in [1.54, 1.807) is 7.05 Å². The van der Waals surface area contributed by atoms with E-state index in [1.807, 2.05) is 0 Å². The number of aliphatic carboxylic acids is 3. The van der Waals surface area contributed by atoms with Crippen LogP contribution in [0.1, 0.15) is 148 Å². The fourth-order valence-electron chi connectivity index (χ4n) is 6.41. The molecule has 0 rings (SSSR count). The van der Waals surface area contributed by atoms with Crippen molar-refractivity contribution >= 4 is 41.5 Å². The summed E-state index contributed by atoms with van der Waals surface area (Å²) < 4.78 is 21.3. The van der Waals surface area contributed by atoms with Gasteiger partial charge in [-0.1, -0.05) is 89.9 Å². The Morgan fingerprint density at radius 1 is 0.397 bits per heavy atom. The number of carbonyl (C=O) groups excluding carboxylic acids is 4. The molecule has 0 bridgehead atoms.